The first-order valence-corrected chi connectivity index (χ1v) is 7.96. The molecule has 0 aromatic heterocycles. The summed E-state index contributed by atoms with van der Waals surface area (Å²) in [5.41, 5.74) is 1.33. The Morgan fingerprint density at radius 2 is 1.90 bits per heavy atom. The second-order valence-electron chi connectivity index (χ2n) is 5.57. The summed E-state index contributed by atoms with van der Waals surface area (Å²) in [6, 6.07) is 8.95. The van der Waals surface area contributed by atoms with Crippen molar-refractivity contribution in [3.8, 4) is 5.75 Å². The van der Waals surface area contributed by atoms with E-state index in [0.717, 1.165) is 25.2 Å². The van der Waals surface area contributed by atoms with Crippen LogP contribution in [-0.2, 0) is 0 Å². The van der Waals surface area contributed by atoms with Gasteiger partial charge in [0.15, 0.2) is 0 Å². The number of hydrogen-bond donors (Lipinski definition) is 1. The Balaban J connectivity index is 1.70. The number of nitrogens with zero attached hydrogens (tertiary/aromatic N) is 1. The molecule has 1 saturated heterocycles. The first kappa shape index (κ1) is 15.3. The zero-order valence-electron chi connectivity index (χ0n) is 12.9. The second kappa shape index (κ2) is 8.28. The van der Waals surface area contributed by atoms with Gasteiger partial charge < -0.3 is 15.0 Å². The lowest BCUT2D eigenvalue weighted by atomic mass is 10.1. The Morgan fingerprint density at radius 1 is 1.20 bits per heavy atom. The van der Waals surface area contributed by atoms with Crippen LogP contribution in [0.2, 0.25) is 0 Å². The zero-order chi connectivity index (χ0) is 14.2. The molecule has 1 fully saturated rings. The fourth-order valence-corrected chi connectivity index (χ4v) is 2.89. The Hall–Kier alpha value is -1.06. The zero-order valence-corrected chi connectivity index (χ0v) is 12.9. The molecule has 20 heavy (non-hydrogen) atoms. The molecular weight excluding hydrogens is 248 g/mol. The second-order valence-corrected chi connectivity index (χ2v) is 5.57. The van der Waals surface area contributed by atoms with Gasteiger partial charge in [0.25, 0.3) is 0 Å². The van der Waals surface area contributed by atoms with Crippen molar-refractivity contribution in [2.75, 3.05) is 33.3 Å². The van der Waals surface area contributed by atoms with Crippen molar-refractivity contribution in [3.05, 3.63) is 29.8 Å². The highest BCUT2D eigenvalue weighted by Crippen LogP contribution is 2.20. The summed E-state index contributed by atoms with van der Waals surface area (Å²) in [5.74, 6) is 0.987. The van der Waals surface area contributed by atoms with Crippen molar-refractivity contribution in [2.45, 2.75) is 38.6 Å². The maximum absolute atomic E-state index is 5.82. The smallest absolute Gasteiger partial charge is 0.119 e. The standard InChI is InChI=1S/C17H28N2O/c1-3-17(18-2)15-7-9-16(10-8-15)20-14-6-13-19-11-4-5-12-19/h7-10,17-18H,3-6,11-14H2,1-2H3. The van der Waals surface area contributed by atoms with Gasteiger partial charge in [-0.3, -0.25) is 0 Å². The van der Waals surface area contributed by atoms with Crippen LogP contribution in [0.1, 0.15) is 44.2 Å². The summed E-state index contributed by atoms with van der Waals surface area (Å²) in [7, 11) is 2.01. The largest absolute Gasteiger partial charge is 0.494 e. The maximum atomic E-state index is 5.82. The molecule has 1 atom stereocenters. The molecule has 0 aliphatic carbocycles. The molecule has 0 amide bonds. The molecule has 3 heteroatoms. The molecule has 1 aromatic carbocycles. The molecule has 1 unspecified atom stereocenters. The topological polar surface area (TPSA) is 24.5 Å². The summed E-state index contributed by atoms with van der Waals surface area (Å²) in [4.78, 5) is 2.53. The lowest BCUT2D eigenvalue weighted by Crippen LogP contribution is -2.21. The number of rotatable bonds is 8. The van der Waals surface area contributed by atoms with Crippen molar-refractivity contribution in [3.63, 3.8) is 0 Å². The Morgan fingerprint density at radius 3 is 2.50 bits per heavy atom. The third-order valence-electron chi connectivity index (χ3n) is 4.13. The quantitative estimate of drug-likeness (QED) is 0.738. The van der Waals surface area contributed by atoms with Gasteiger partial charge in [-0.1, -0.05) is 19.1 Å². The molecule has 0 bridgehead atoms. The molecule has 1 aromatic rings. The third-order valence-corrected chi connectivity index (χ3v) is 4.13. The minimum absolute atomic E-state index is 0.444. The SMILES string of the molecule is CCC(NC)c1ccc(OCCCN2CCCC2)cc1. The van der Waals surface area contributed by atoms with E-state index in [9.17, 15) is 0 Å². The molecule has 1 heterocycles. The van der Waals surface area contributed by atoms with E-state index in [4.69, 9.17) is 4.74 Å². The Bertz CT molecular complexity index is 367. The number of ether oxygens (including phenoxy) is 1. The van der Waals surface area contributed by atoms with Crippen LogP contribution in [-0.4, -0.2) is 38.2 Å². The summed E-state index contributed by atoms with van der Waals surface area (Å²) in [5, 5.41) is 3.32. The molecule has 2 rings (SSSR count). The molecule has 3 nitrogen and oxygen atoms in total. The van der Waals surface area contributed by atoms with E-state index in [1.54, 1.807) is 0 Å². The van der Waals surface area contributed by atoms with E-state index in [2.05, 4.69) is 41.4 Å². The minimum Gasteiger partial charge on any atom is -0.494 e. The van der Waals surface area contributed by atoms with Crippen molar-refractivity contribution in [1.82, 2.24) is 10.2 Å². The van der Waals surface area contributed by atoms with Crippen molar-refractivity contribution < 1.29 is 4.74 Å². The lowest BCUT2D eigenvalue weighted by Gasteiger charge is -2.16. The van der Waals surface area contributed by atoms with E-state index in [-0.39, 0.29) is 0 Å². The summed E-state index contributed by atoms with van der Waals surface area (Å²) < 4.78 is 5.82. The summed E-state index contributed by atoms with van der Waals surface area (Å²) in [6.45, 7) is 6.74. The van der Waals surface area contributed by atoms with Gasteiger partial charge >= 0.3 is 0 Å². The van der Waals surface area contributed by atoms with Crippen LogP contribution in [0.4, 0.5) is 0 Å². The highest BCUT2D eigenvalue weighted by atomic mass is 16.5. The number of likely N-dealkylation sites (tertiary alicyclic amines) is 1. The number of nitrogens with one attached hydrogen (secondary N) is 1. The van der Waals surface area contributed by atoms with Gasteiger partial charge in [-0.25, -0.2) is 0 Å². The van der Waals surface area contributed by atoms with Gasteiger partial charge in [0.05, 0.1) is 6.61 Å². The fourth-order valence-electron chi connectivity index (χ4n) is 2.89. The molecule has 1 aliphatic rings. The number of benzene rings is 1. The van der Waals surface area contributed by atoms with Crippen LogP contribution < -0.4 is 10.1 Å². The van der Waals surface area contributed by atoms with Gasteiger partial charge in [-0.05, 0) is 63.5 Å². The van der Waals surface area contributed by atoms with Crippen LogP contribution in [0.25, 0.3) is 0 Å². The predicted molar refractivity (Wildman–Crippen MR) is 84.3 cm³/mol. The van der Waals surface area contributed by atoms with Gasteiger partial charge in [-0.2, -0.15) is 0 Å². The molecule has 112 valence electrons. The van der Waals surface area contributed by atoms with E-state index in [0.29, 0.717) is 6.04 Å². The summed E-state index contributed by atoms with van der Waals surface area (Å²) in [6.07, 6.45) is 4.96. The monoisotopic (exact) mass is 276 g/mol. The van der Waals surface area contributed by atoms with Crippen molar-refractivity contribution in [2.24, 2.45) is 0 Å². The minimum atomic E-state index is 0.444. The Kier molecular flexibility index (Phi) is 6.34. The first-order chi connectivity index (χ1) is 9.83. The Labute approximate surface area is 123 Å². The number of hydrogen-bond acceptors (Lipinski definition) is 3. The molecule has 0 saturated carbocycles. The molecular formula is C17H28N2O. The summed E-state index contributed by atoms with van der Waals surface area (Å²) >= 11 is 0. The van der Waals surface area contributed by atoms with Crippen LogP contribution in [0.3, 0.4) is 0 Å². The highest BCUT2D eigenvalue weighted by Gasteiger charge is 2.10. The van der Waals surface area contributed by atoms with E-state index in [1.807, 2.05) is 7.05 Å². The van der Waals surface area contributed by atoms with E-state index in [1.165, 1.54) is 38.0 Å². The molecule has 0 radical (unpaired) electrons. The maximum Gasteiger partial charge on any atom is 0.119 e. The van der Waals surface area contributed by atoms with Crippen LogP contribution in [0.5, 0.6) is 5.75 Å². The third kappa shape index (κ3) is 4.50. The van der Waals surface area contributed by atoms with Crippen LogP contribution in [0.15, 0.2) is 24.3 Å². The highest BCUT2D eigenvalue weighted by molar-refractivity contribution is 5.29. The van der Waals surface area contributed by atoms with E-state index >= 15 is 0 Å². The van der Waals surface area contributed by atoms with Gasteiger partial charge in [0, 0.05) is 12.6 Å². The molecule has 1 aliphatic heterocycles. The van der Waals surface area contributed by atoms with Crippen LogP contribution >= 0.6 is 0 Å². The average molecular weight is 276 g/mol. The van der Waals surface area contributed by atoms with Gasteiger partial charge in [0.2, 0.25) is 0 Å². The van der Waals surface area contributed by atoms with Crippen LogP contribution in [0, 0.1) is 0 Å². The van der Waals surface area contributed by atoms with Crippen molar-refractivity contribution >= 4 is 0 Å². The average Bonchev–Trinajstić information content (AvgIpc) is 3.00. The van der Waals surface area contributed by atoms with Gasteiger partial charge in [-0.15, -0.1) is 0 Å². The normalized spacial score (nSPS) is 17.3. The first-order valence-electron chi connectivity index (χ1n) is 7.96. The van der Waals surface area contributed by atoms with Crippen molar-refractivity contribution in [1.29, 1.82) is 0 Å². The fraction of sp³-hybridized carbons (Fsp3) is 0.647. The molecule has 1 N–H and O–H groups in total. The molecule has 0 spiro atoms. The van der Waals surface area contributed by atoms with Gasteiger partial charge in [0.1, 0.15) is 5.75 Å². The van der Waals surface area contributed by atoms with E-state index < -0.39 is 0 Å². The predicted octanol–water partition coefficient (Wildman–Crippen LogP) is 3.22. The lowest BCUT2D eigenvalue weighted by molar-refractivity contribution is 0.263.